The van der Waals surface area contributed by atoms with Gasteiger partial charge in [-0.25, -0.2) is 0 Å². The highest BCUT2D eigenvalue weighted by molar-refractivity contribution is 5.53. The molecule has 1 N–H and O–H groups in total. The van der Waals surface area contributed by atoms with E-state index in [1.165, 1.54) is 56.8 Å². The van der Waals surface area contributed by atoms with Gasteiger partial charge >= 0.3 is 0 Å². The van der Waals surface area contributed by atoms with E-state index in [0.29, 0.717) is 12.1 Å². The van der Waals surface area contributed by atoms with E-state index in [1.54, 1.807) is 0 Å². The Morgan fingerprint density at radius 3 is 2.61 bits per heavy atom. The number of hydrogen-bond acceptors (Lipinski definition) is 5. The van der Waals surface area contributed by atoms with Crippen LogP contribution in [0, 0.1) is 0 Å². The summed E-state index contributed by atoms with van der Waals surface area (Å²) in [6.07, 6.45) is 15.5. The first kappa shape index (κ1) is 19.5. The SMILES string of the molecule is CC(C)N1CCC(N2CCCC(NC3=CC=CCN3c3ccncc3)C2)CC1. The summed E-state index contributed by atoms with van der Waals surface area (Å²) in [5.74, 6) is 1.22. The van der Waals surface area contributed by atoms with Crippen molar-refractivity contribution in [2.24, 2.45) is 0 Å². The molecule has 2 saturated heterocycles. The van der Waals surface area contributed by atoms with Crippen LogP contribution in [0.3, 0.4) is 0 Å². The van der Waals surface area contributed by atoms with Gasteiger partial charge in [-0.3, -0.25) is 9.88 Å². The van der Waals surface area contributed by atoms with Gasteiger partial charge in [-0.2, -0.15) is 0 Å². The van der Waals surface area contributed by atoms with Gasteiger partial charge < -0.3 is 15.1 Å². The van der Waals surface area contributed by atoms with E-state index in [4.69, 9.17) is 0 Å². The summed E-state index contributed by atoms with van der Waals surface area (Å²) < 4.78 is 0. The van der Waals surface area contributed by atoms with Crippen molar-refractivity contribution < 1.29 is 0 Å². The molecule has 0 radical (unpaired) electrons. The van der Waals surface area contributed by atoms with Gasteiger partial charge in [0.25, 0.3) is 0 Å². The molecule has 0 bridgehead atoms. The number of anilines is 1. The van der Waals surface area contributed by atoms with Crippen LogP contribution in [0.25, 0.3) is 0 Å². The number of rotatable bonds is 5. The number of nitrogens with one attached hydrogen (secondary N) is 1. The number of piperidine rings is 2. The standard InChI is InChI=1S/C23H35N5/c1-19(2)26-16-10-21(11-17-26)27-14-5-6-20(18-27)25-23-7-3-4-15-28(23)22-8-12-24-13-9-22/h3-4,7-9,12-13,19-21,25H,5-6,10-11,14-18H2,1-2H3. The summed E-state index contributed by atoms with van der Waals surface area (Å²) in [6.45, 7) is 10.5. The number of allylic oxidation sites excluding steroid dienone is 2. The van der Waals surface area contributed by atoms with E-state index in [1.807, 2.05) is 12.4 Å². The maximum atomic E-state index is 4.16. The predicted octanol–water partition coefficient (Wildman–Crippen LogP) is 3.23. The Morgan fingerprint density at radius 2 is 1.86 bits per heavy atom. The Labute approximate surface area is 170 Å². The highest BCUT2D eigenvalue weighted by Gasteiger charge is 2.30. The van der Waals surface area contributed by atoms with Gasteiger partial charge in [0.05, 0.1) is 0 Å². The predicted molar refractivity (Wildman–Crippen MR) is 116 cm³/mol. The minimum Gasteiger partial charge on any atom is -0.367 e. The number of aromatic nitrogens is 1. The molecule has 0 amide bonds. The van der Waals surface area contributed by atoms with Crippen LogP contribution in [-0.4, -0.2) is 65.6 Å². The monoisotopic (exact) mass is 381 g/mol. The lowest BCUT2D eigenvalue weighted by Gasteiger charge is -2.44. The summed E-state index contributed by atoms with van der Waals surface area (Å²) in [6, 6.07) is 6.15. The van der Waals surface area contributed by atoms with Gasteiger partial charge in [0.15, 0.2) is 0 Å². The highest BCUT2D eigenvalue weighted by atomic mass is 15.3. The quantitative estimate of drug-likeness (QED) is 0.847. The average Bonchev–Trinajstić information content (AvgIpc) is 2.75. The lowest BCUT2D eigenvalue weighted by atomic mass is 9.97. The molecule has 3 aliphatic rings. The molecule has 5 nitrogen and oxygen atoms in total. The van der Waals surface area contributed by atoms with E-state index in [2.05, 4.69) is 69.2 Å². The first-order valence-corrected chi connectivity index (χ1v) is 11.0. The summed E-state index contributed by atoms with van der Waals surface area (Å²) in [5, 5.41) is 3.87. The van der Waals surface area contributed by atoms with Gasteiger partial charge in [0.1, 0.15) is 5.82 Å². The highest BCUT2D eigenvalue weighted by Crippen LogP contribution is 2.24. The molecule has 0 spiro atoms. The van der Waals surface area contributed by atoms with Crippen molar-refractivity contribution >= 4 is 5.69 Å². The fourth-order valence-electron chi connectivity index (χ4n) is 4.84. The normalized spacial score (nSPS) is 25.2. The third kappa shape index (κ3) is 4.58. The number of hydrogen-bond donors (Lipinski definition) is 1. The minimum absolute atomic E-state index is 0.527. The van der Waals surface area contributed by atoms with Gasteiger partial charge in [0.2, 0.25) is 0 Å². The van der Waals surface area contributed by atoms with Crippen molar-refractivity contribution in [3.8, 4) is 0 Å². The van der Waals surface area contributed by atoms with Crippen LogP contribution in [0.2, 0.25) is 0 Å². The van der Waals surface area contributed by atoms with Crippen molar-refractivity contribution in [1.82, 2.24) is 20.1 Å². The van der Waals surface area contributed by atoms with Crippen molar-refractivity contribution in [3.05, 3.63) is 48.6 Å². The molecule has 152 valence electrons. The average molecular weight is 382 g/mol. The first-order valence-electron chi connectivity index (χ1n) is 11.0. The summed E-state index contributed by atoms with van der Waals surface area (Å²) in [7, 11) is 0. The van der Waals surface area contributed by atoms with Crippen LogP contribution >= 0.6 is 0 Å². The molecule has 4 rings (SSSR count). The number of pyridine rings is 1. The Hall–Kier alpha value is -1.85. The molecule has 4 heterocycles. The third-order valence-corrected chi connectivity index (χ3v) is 6.49. The van der Waals surface area contributed by atoms with Crippen LogP contribution in [0.1, 0.15) is 39.5 Å². The molecule has 0 aromatic carbocycles. The lowest BCUT2D eigenvalue weighted by Crippen LogP contribution is -2.54. The Bertz CT molecular complexity index is 675. The molecular weight excluding hydrogens is 346 g/mol. The second-order valence-corrected chi connectivity index (χ2v) is 8.64. The van der Waals surface area contributed by atoms with Gasteiger partial charge in [-0.15, -0.1) is 0 Å². The van der Waals surface area contributed by atoms with Crippen molar-refractivity contribution in [3.63, 3.8) is 0 Å². The molecule has 5 heteroatoms. The number of nitrogens with zero attached hydrogens (tertiary/aromatic N) is 4. The largest absolute Gasteiger partial charge is 0.367 e. The van der Waals surface area contributed by atoms with E-state index < -0.39 is 0 Å². The van der Waals surface area contributed by atoms with Crippen LogP contribution in [-0.2, 0) is 0 Å². The van der Waals surface area contributed by atoms with Crippen LogP contribution in [0.5, 0.6) is 0 Å². The zero-order chi connectivity index (χ0) is 19.3. The molecule has 1 aromatic heterocycles. The molecule has 2 fully saturated rings. The topological polar surface area (TPSA) is 34.6 Å². The zero-order valence-electron chi connectivity index (χ0n) is 17.4. The molecule has 3 aliphatic heterocycles. The van der Waals surface area contributed by atoms with Gasteiger partial charge in [0, 0.05) is 49.3 Å². The van der Waals surface area contributed by atoms with Gasteiger partial charge in [-0.1, -0.05) is 12.2 Å². The molecule has 0 saturated carbocycles. The first-order chi connectivity index (χ1) is 13.7. The maximum Gasteiger partial charge on any atom is 0.106 e. The minimum atomic E-state index is 0.527. The summed E-state index contributed by atoms with van der Waals surface area (Å²) >= 11 is 0. The molecular formula is C23H35N5. The van der Waals surface area contributed by atoms with E-state index in [9.17, 15) is 0 Å². The van der Waals surface area contributed by atoms with Crippen LogP contribution < -0.4 is 10.2 Å². The second kappa shape index (κ2) is 9.10. The molecule has 28 heavy (non-hydrogen) atoms. The molecule has 0 aliphatic carbocycles. The second-order valence-electron chi connectivity index (χ2n) is 8.64. The van der Waals surface area contributed by atoms with Crippen molar-refractivity contribution in [2.75, 3.05) is 37.6 Å². The fourth-order valence-corrected chi connectivity index (χ4v) is 4.84. The zero-order valence-corrected chi connectivity index (χ0v) is 17.4. The van der Waals surface area contributed by atoms with E-state index in [0.717, 1.165) is 19.1 Å². The maximum absolute atomic E-state index is 4.16. The Morgan fingerprint density at radius 1 is 1.07 bits per heavy atom. The fraction of sp³-hybridized carbons (Fsp3) is 0.609. The lowest BCUT2D eigenvalue weighted by molar-refractivity contribution is 0.0704. The van der Waals surface area contributed by atoms with Crippen LogP contribution in [0.4, 0.5) is 5.69 Å². The summed E-state index contributed by atoms with van der Waals surface area (Å²) in [5.41, 5.74) is 1.20. The van der Waals surface area contributed by atoms with E-state index >= 15 is 0 Å². The number of likely N-dealkylation sites (tertiary alicyclic amines) is 2. The molecule has 1 unspecified atom stereocenters. The van der Waals surface area contributed by atoms with Crippen LogP contribution in [0.15, 0.2) is 48.6 Å². The van der Waals surface area contributed by atoms with Crippen molar-refractivity contribution in [2.45, 2.75) is 57.7 Å². The molecule has 1 aromatic rings. The Balaban J connectivity index is 1.36. The van der Waals surface area contributed by atoms with Gasteiger partial charge in [-0.05, 0) is 77.4 Å². The third-order valence-electron chi connectivity index (χ3n) is 6.49. The summed E-state index contributed by atoms with van der Waals surface area (Å²) in [4.78, 5) is 11.9. The smallest absolute Gasteiger partial charge is 0.106 e. The Kier molecular flexibility index (Phi) is 6.33. The van der Waals surface area contributed by atoms with Crippen molar-refractivity contribution in [1.29, 1.82) is 0 Å². The molecule has 1 atom stereocenters. The van der Waals surface area contributed by atoms with E-state index in [-0.39, 0.29) is 0 Å².